The number of carbonyl (C=O) groups excluding carboxylic acids is 1. The first kappa shape index (κ1) is 12.8. The van der Waals surface area contributed by atoms with Gasteiger partial charge in [0.2, 0.25) is 5.91 Å². The Hall–Kier alpha value is -2.21. The fourth-order valence-corrected chi connectivity index (χ4v) is 2.32. The van der Waals surface area contributed by atoms with E-state index in [0.29, 0.717) is 0 Å². The molecule has 2 atom stereocenters. The van der Waals surface area contributed by atoms with Gasteiger partial charge in [-0.2, -0.15) is 15.0 Å². The minimum absolute atomic E-state index is 0.00270. The first-order valence-electron chi connectivity index (χ1n) is 6.59. The number of rotatable bonds is 3. The molecule has 1 aromatic carbocycles. The smallest absolute Gasteiger partial charge is 0.246 e. The maximum Gasteiger partial charge on any atom is 0.246 e. The van der Waals surface area contributed by atoms with Crippen molar-refractivity contribution in [3.63, 3.8) is 0 Å². The Balaban J connectivity index is 1.77. The van der Waals surface area contributed by atoms with E-state index in [1.165, 1.54) is 0 Å². The number of amides is 1. The van der Waals surface area contributed by atoms with Crippen molar-refractivity contribution in [2.24, 2.45) is 0 Å². The van der Waals surface area contributed by atoms with E-state index >= 15 is 0 Å². The van der Waals surface area contributed by atoms with Crippen molar-refractivity contribution in [3.05, 3.63) is 42.2 Å². The van der Waals surface area contributed by atoms with Crippen LogP contribution >= 0.6 is 0 Å². The maximum absolute atomic E-state index is 11.4. The van der Waals surface area contributed by atoms with E-state index in [-0.39, 0.29) is 24.7 Å². The summed E-state index contributed by atoms with van der Waals surface area (Å²) in [6.07, 6.45) is 4.02. The molecule has 0 bridgehead atoms. The zero-order chi connectivity index (χ0) is 13.9. The maximum atomic E-state index is 11.4. The number of hydrogen-bond acceptors (Lipinski definition) is 4. The van der Waals surface area contributed by atoms with Gasteiger partial charge in [0.1, 0.15) is 6.61 Å². The zero-order valence-electron chi connectivity index (χ0n) is 11.2. The monoisotopic (exact) mass is 272 g/mol. The lowest BCUT2D eigenvalue weighted by molar-refractivity contribution is -0.135. The van der Waals surface area contributed by atoms with Gasteiger partial charge in [0, 0.05) is 0 Å². The van der Waals surface area contributed by atoms with Crippen LogP contribution in [0.2, 0.25) is 0 Å². The largest absolute Gasteiger partial charge is 0.367 e. The second-order valence-electron chi connectivity index (χ2n) is 4.88. The van der Waals surface area contributed by atoms with Crippen LogP contribution in [0.3, 0.4) is 0 Å². The molecule has 6 nitrogen and oxygen atoms in total. The quantitative estimate of drug-likeness (QED) is 0.893. The van der Waals surface area contributed by atoms with Crippen LogP contribution in [0, 0.1) is 0 Å². The number of nitrogens with one attached hydrogen (secondary N) is 1. The highest BCUT2D eigenvalue weighted by Gasteiger charge is 2.26. The van der Waals surface area contributed by atoms with E-state index in [1.807, 2.05) is 31.2 Å². The average molecular weight is 272 g/mol. The van der Waals surface area contributed by atoms with Gasteiger partial charge >= 0.3 is 0 Å². The number of carbonyl (C=O) groups is 1. The molecule has 3 rings (SSSR count). The number of morpholine rings is 1. The first-order valence-corrected chi connectivity index (χ1v) is 6.59. The van der Waals surface area contributed by atoms with Gasteiger partial charge in [0.25, 0.3) is 0 Å². The third-order valence-electron chi connectivity index (χ3n) is 3.41. The Morgan fingerprint density at radius 1 is 1.40 bits per heavy atom. The lowest BCUT2D eigenvalue weighted by Crippen LogP contribution is -2.51. The summed E-state index contributed by atoms with van der Waals surface area (Å²) in [4.78, 5) is 13.0. The van der Waals surface area contributed by atoms with Crippen molar-refractivity contribution in [2.75, 3.05) is 6.61 Å². The Morgan fingerprint density at radius 3 is 3.00 bits per heavy atom. The van der Waals surface area contributed by atoms with Crippen LogP contribution in [0.1, 0.15) is 12.5 Å². The van der Waals surface area contributed by atoms with Gasteiger partial charge < -0.3 is 10.1 Å². The van der Waals surface area contributed by atoms with Crippen molar-refractivity contribution in [1.82, 2.24) is 20.3 Å². The van der Waals surface area contributed by atoms with Crippen LogP contribution in [-0.4, -0.2) is 39.7 Å². The average Bonchev–Trinajstić information content (AvgIpc) is 2.97. The van der Waals surface area contributed by atoms with Gasteiger partial charge in [0.05, 0.1) is 30.2 Å². The SMILES string of the molecule is C[C@@H]1OCC(=O)N[C@@H]1Cc1cccc(-n2nccn2)c1. The van der Waals surface area contributed by atoms with Gasteiger partial charge in [-0.1, -0.05) is 12.1 Å². The van der Waals surface area contributed by atoms with E-state index in [9.17, 15) is 4.79 Å². The summed E-state index contributed by atoms with van der Waals surface area (Å²) in [6.45, 7) is 2.12. The Bertz CT molecular complexity index is 597. The van der Waals surface area contributed by atoms with E-state index < -0.39 is 0 Å². The minimum atomic E-state index is -0.0574. The summed E-state index contributed by atoms with van der Waals surface area (Å²) < 4.78 is 5.44. The first-order chi connectivity index (χ1) is 9.72. The Morgan fingerprint density at radius 2 is 2.20 bits per heavy atom. The highest BCUT2D eigenvalue weighted by Crippen LogP contribution is 2.14. The second kappa shape index (κ2) is 5.42. The normalized spacial score (nSPS) is 22.6. The number of benzene rings is 1. The summed E-state index contributed by atoms with van der Waals surface area (Å²) in [5.41, 5.74) is 2.02. The van der Waals surface area contributed by atoms with E-state index in [2.05, 4.69) is 15.5 Å². The molecule has 1 amide bonds. The van der Waals surface area contributed by atoms with Crippen molar-refractivity contribution < 1.29 is 9.53 Å². The topological polar surface area (TPSA) is 69.0 Å². The molecule has 0 spiro atoms. The molecule has 2 heterocycles. The Labute approximate surface area is 116 Å². The van der Waals surface area contributed by atoms with Crippen molar-refractivity contribution in [1.29, 1.82) is 0 Å². The number of nitrogens with zero attached hydrogens (tertiary/aromatic N) is 3. The lowest BCUT2D eigenvalue weighted by atomic mass is 10.0. The van der Waals surface area contributed by atoms with Gasteiger partial charge in [-0.15, -0.1) is 0 Å². The highest BCUT2D eigenvalue weighted by atomic mass is 16.5. The van der Waals surface area contributed by atoms with Crippen LogP contribution in [0.5, 0.6) is 0 Å². The van der Waals surface area contributed by atoms with Gasteiger partial charge in [-0.3, -0.25) is 4.79 Å². The van der Waals surface area contributed by atoms with Crippen LogP contribution in [0.15, 0.2) is 36.7 Å². The third kappa shape index (κ3) is 2.70. The fraction of sp³-hybridized carbons (Fsp3) is 0.357. The number of hydrogen-bond donors (Lipinski definition) is 1. The molecular formula is C14H16N4O2. The molecular weight excluding hydrogens is 256 g/mol. The molecule has 1 fully saturated rings. The van der Waals surface area contributed by atoms with E-state index in [0.717, 1.165) is 17.7 Å². The summed E-state index contributed by atoms with van der Waals surface area (Å²) in [5.74, 6) is -0.0574. The fourth-order valence-electron chi connectivity index (χ4n) is 2.32. The molecule has 1 aliphatic heterocycles. The molecule has 1 N–H and O–H groups in total. The summed E-state index contributed by atoms with van der Waals surface area (Å²) in [6, 6.07) is 7.96. The van der Waals surface area contributed by atoms with Crippen LogP contribution in [0.25, 0.3) is 5.69 Å². The molecule has 0 saturated carbocycles. The second-order valence-corrected chi connectivity index (χ2v) is 4.88. The molecule has 104 valence electrons. The lowest BCUT2D eigenvalue weighted by Gasteiger charge is -2.30. The van der Waals surface area contributed by atoms with Crippen LogP contribution in [0.4, 0.5) is 0 Å². The molecule has 1 aromatic heterocycles. The predicted molar refractivity (Wildman–Crippen MR) is 72.4 cm³/mol. The van der Waals surface area contributed by atoms with Crippen molar-refractivity contribution in [3.8, 4) is 5.69 Å². The molecule has 0 aliphatic carbocycles. The minimum Gasteiger partial charge on any atom is -0.367 e. The summed E-state index contributed by atoms with van der Waals surface area (Å²) in [5, 5.41) is 11.2. The van der Waals surface area contributed by atoms with Crippen LogP contribution < -0.4 is 5.32 Å². The predicted octanol–water partition coefficient (Wildman–Crippen LogP) is 0.713. The molecule has 6 heteroatoms. The van der Waals surface area contributed by atoms with E-state index in [1.54, 1.807) is 17.2 Å². The molecule has 2 aromatic rings. The molecule has 1 aliphatic rings. The highest BCUT2D eigenvalue weighted by molar-refractivity contribution is 5.78. The van der Waals surface area contributed by atoms with E-state index in [4.69, 9.17) is 4.74 Å². The van der Waals surface area contributed by atoms with Gasteiger partial charge in [-0.25, -0.2) is 0 Å². The molecule has 1 saturated heterocycles. The van der Waals surface area contributed by atoms with Gasteiger partial charge in [-0.05, 0) is 31.0 Å². The standard InChI is InChI=1S/C14H16N4O2/c1-10-13(17-14(19)9-20-10)8-11-3-2-4-12(7-11)18-15-5-6-16-18/h2-7,10,13H,8-9H2,1H3,(H,17,19)/t10-,13+/m0/s1. The number of ether oxygens (including phenoxy) is 1. The zero-order valence-corrected chi connectivity index (χ0v) is 11.2. The van der Waals surface area contributed by atoms with Crippen LogP contribution in [-0.2, 0) is 16.0 Å². The molecule has 0 radical (unpaired) electrons. The summed E-state index contributed by atoms with van der Waals surface area (Å²) in [7, 11) is 0. The number of aromatic nitrogens is 3. The van der Waals surface area contributed by atoms with Crippen molar-refractivity contribution >= 4 is 5.91 Å². The van der Waals surface area contributed by atoms with Crippen molar-refractivity contribution in [2.45, 2.75) is 25.5 Å². The molecule has 20 heavy (non-hydrogen) atoms. The summed E-state index contributed by atoms with van der Waals surface area (Å²) >= 11 is 0. The Kier molecular flexibility index (Phi) is 3.47. The van der Waals surface area contributed by atoms with Gasteiger partial charge in [0.15, 0.2) is 0 Å². The third-order valence-corrected chi connectivity index (χ3v) is 3.41. The molecule has 0 unspecified atom stereocenters.